The largest absolute Gasteiger partial charge is 0.339 e. The molecule has 1 aliphatic carbocycles. The van der Waals surface area contributed by atoms with Crippen molar-refractivity contribution in [3.63, 3.8) is 0 Å². The molecule has 0 amide bonds. The summed E-state index contributed by atoms with van der Waals surface area (Å²) in [5.41, 5.74) is 1.07. The maximum atomic E-state index is 6.31. The van der Waals surface area contributed by atoms with Gasteiger partial charge in [0.25, 0.3) is 0 Å². The van der Waals surface area contributed by atoms with Gasteiger partial charge >= 0.3 is 0 Å². The lowest BCUT2D eigenvalue weighted by Gasteiger charge is -2.30. The lowest BCUT2D eigenvalue weighted by molar-refractivity contribution is 0.190. The molecule has 2 aliphatic rings. The third-order valence-electron chi connectivity index (χ3n) is 4.76. The highest BCUT2D eigenvalue weighted by Crippen LogP contribution is 2.56. The van der Waals surface area contributed by atoms with Gasteiger partial charge in [-0.2, -0.15) is 4.98 Å². The van der Waals surface area contributed by atoms with Gasteiger partial charge in [0.15, 0.2) is 5.82 Å². The molecule has 4 rings (SSSR count). The zero-order valence-electron chi connectivity index (χ0n) is 13.2. The van der Waals surface area contributed by atoms with Crippen molar-refractivity contribution >= 4 is 35.6 Å². The number of aromatic nitrogens is 2. The van der Waals surface area contributed by atoms with Crippen molar-refractivity contribution in [3.8, 4) is 0 Å². The minimum Gasteiger partial charge on any atom is -0.339 e. The maximum absolute atomic E-state index is 6.31. The first-order chi connectivity index (χ1) is 11.1. The molecule has 1 saturated heterocycles. The molecule has 1 aromatic carbocycles. The standard InChI is InChI=1S/C16H18Cl2N4O.ClH/c1-22-6-5-19-8-13(22)15-20-16(23-21-15)11-7-10(11)9-3-2-4-12(17)14(9)18;/h2-4,10-11,13,19H,5-8H2,1H3;1H. The summed E-state index contributed by atoms with van der Waals surface area (Å²) < 4.78 is 5.52. The van der Waals surface area contributed by atoms with E-state index in [1.807, 2.05) is 18.2 Å². The van der Waals surface area contributed by atoms with Gasteiger partial charge < -0.3 is 9.84 Å². The number of nitrogens with zero attached hydrogens (tertiary/aromatic N) is 3. The molecular weight excluding hydrogens is 371 g/mol. The van der Waals surface area contributed by atoms with E-state index in [1.54, 1.807) is 0 Å². The van der Waals surface area contributed by atoms with E-state index in [0.717, 1.165) is 37.4 Å². The fourth-order valence-electron chi connectivity index (χ4n) is 3.25. The Kier molecular flexibility index (Phi) is 5.37. The van der Waals surface area contributed by atoms with Crippen LogP contribution in [0.4, 0.5) is 0 Å². The van der Waals surface area contributed by atoms with E-state index >= 15 is 0 Å². The van der Waals surface area contributed by atoms with Crippen LogP contribution in [0.2, 0.25) is 10.0 Å². The van der Waals surface area contributed by atoms with Crippen molar-refractivity contribution in [2.75, 3.05) is 26.7 Å². The Bertz CT molecular complexity index is 723. The van der Waals surface area contributed by atoms with Gasteiger partial charge in [0.1, 0.15) is 0 Å². The van der Waals surface area contributed by atoms with Crippen LogP contribution in [0.15, 0.2) is 22.7 Å². The Balaban J connectivity index is 0.00000169. The van der Waals surface area contributed by atoms with Crippen LogP contribution in [0.5, 0.6) is 0 Å². The maximum Gasteiger partial charge on any atom is 0.230 e. The molecule has 3 atom stereocenters. The Hall–Kier alpha value is -0.850. The van der Waals surface area contributed by atoms with Crippen LogP contribution in [0, 0.1) is 0 Å². The van der Waals surface area contributed by atoms with Gasteiger partial charge in [-0.05, 0) is 31.0 Å². The van der Waals surface area contributed by atoms with Gasteiger partial charge in [0, 0.05) is 25.6 Å². The Morgan fingerprint density at radius 2 is 2.12 bits per heavy atom. The second kappa shape index (κ2) is 7.18. The Morgan fingerprint density at radius 3 is 2.92 bits per heavy atom. The summed E-state index contributed by atoms with van der Waals surface area (Å²) in [4.78, 5) is 6.89. The Morgan fingerprint density at radius 1 is 1.29 bits per heavy atom. The molecule has 130 valence electrons. The van der Waals surface area contributed by atoms with E-state index in [4.69, 9.17) is 27.7 Å². The predicted molar refractivity (Wildman–Crippen MR) is 96.3 cm³/mol. The van der Waals surface area contributed by atoms with Gasteiger partial charge in [0.05, 0.1) is 16.1 Å². The van der Waals surface area contributed by atoms with Gasteiger partial charge in [0.2, 0.25) is 5.89 Å². The average Bonchev–Trinajstić information content (AvgIpc) is 3.19. The number of piperazine rings is 1. The van der Waals surface area contributed by atoms with Gasteiger partial charge in [-0.25, -0.2) is 0 Å². The number of rotatable bonds is 3. The molecule has 2 fully saturated rings. The van der Waals surface area contributed by atoms with E-state index in [-0.39, 0.29) is 24.4 Å². The average molecular weight is 390 g/mol. The minimum absolute atomic E-state index is 0. The Labute approximate surface area is 157 Å². The third kappa shape index (κ3) is 3.28. The van der Waals surface area contributed by atoms with Crippen molar-refractivity contribution in [1.82, 2.24) is 20.4 Å². The smallest absolute Gasteiger partial charge is 0.230 e. The molecule has 1 N–H and O–H groups in total. The number of likely N-dealkylation sites (N-methyl/N-ethyl adjacent to an activating group) is 1. The van der Waals surface area contributed by atoms with Gasteiger partial charge in [-0.15, -0.1) is 12.4 Å². The summed E-state index contributed by atoms with van der Waals surface area (Å²) >= 11 is 12.4. The lowest BCUT2D eigenvalue weighted by atomic mass is 10.1. The summed E-state index contributed by atoms with van der Waals surface area (Å²) in [7, 11) is 2.09. The summed E-state index contributed by atoms with van der Waals surface area (Å²) in [5.74, 6) is 2.03. The number of benzene rings is 1. The summed E-state index contributed by atoms with van der Waals surface area (Å²) in [6.45, 7) is 2.83. The molecule has 2 heterocycles. The zero-order valence-corrected chi connectivity index (χ0v) is 15.5. The SMILES string of the molecule is CN1CCNCC1c1noc(C2CC2c2cccc(Cl)c2Cl)n1.Cl. The molecule has 5 nitrogen and oxygen atoms in total. The van der Waals surface area contributed by atoms with Crippen molar-refractivity contribution < 1.29 is 4.52 Å². The molecule has 0 radical (unpaired) electrons. The molecule has 0 bridgehead atoms. The van der Waals surface area contributed by atoms with E-state index < -0.39 is 0 Å². The van der Waals surface area contributed by atoms with Crippen molar-refractivity contribution in [1.29, 1.82) is 0 Å². The molecule has 3 unspecified atom stereocenters. The van der Waals surface area contributed by atoms with Crippen LogP contribution in [-0.4, -0.2) is 41.7 Å². The second-order valence-corrected chi connectivity index (χ2v) is 7.07. The van der Waals surface area contributed by atoms with Crippen LogP contribution >= 0.6 is 35.6 Å². The highest BCUT2D eigenvalue weighted by atomic mass is 35.5. The van der Waals surface area contributed by atoms with E-state index in [9.17, 15) is 0 Å². The minimum atomic E-state index is 0. The summed E-state index contributed by atoms with van der Waals surface area (Å²) in [6, 6.07) is 5.94. The molecular formula is C16H19Cl3N4O. The molecule has 1 aliphatic heterocycles. The normalized spacial score (nSPS) is 26.9. The fraction of sp³-hybridized carbons (Fsp3) is 0.500. The van der Waals surface area contributed by atoms with Crippen LogP contribution in [0.3, 0.4) is 0 Å². The topological polar surface area (TPSA) is 54.2 Å². The van der Waals surface area contributed by atoms with E-state index in [0.29, 0.717) is 21.9 Å². The van der Waals surface area contributed by atoms with Crippen LogP contribution in [-0.2, 0) is 0 Å². The quantitative estimate of drug-likeness (QED) is 0.868. The van der Waals surface area contributed by atoms with Crippen molar-refractivity contribution in [3.05, 3.63) is 45.5 Å². The second-order valence-electron chi connectivity index (χ2n) is 6.28. The molecule has 1 saturated carbocycles. The number of nitrogens with one attached hydrogen (secondary N) is 1. The fourth-order valence-corrected chi connectivity index (χ4v) is 3.69. The van der Waals surface area contributed by atoms with Crippen LogP contribution in [0.1, 0.15) is 41.6 Å². The van der Waals surface area contributed by atoms with Gasteiger partial charge in [-0.3, -0.25) is 4.90 Å². The molecule has 1 aromatic heterocycles. The number of hydrogen-bond donors (Lipinski definition) is 1. The van der Waals surface area contributed by atoms with Gasteiger partial charge in [-0.1, -0.05) is 40.5 Å². The van der Waals surface area contributed by atoms with Crippen molar-refractivity contribution in [2.24, 2.45) is 0 Å². The highest BCUT2D eigenvalue weighted by Gasteiger charge is 2.45. The molecule has 8 heteroatoms. The first-order valence-corrected chi connectivity index (χ1v) is 8.59. The van der Waals surface area contributed by atoms with Crippen molar-refractivity contribution in [2.45, 2.75) is 24.3 Å². The van der Waals surface area contributed by atoms with Crippen LogP contribution < -0.4 is 5.32 Å². The highest BCUT2D eigenvalue weighted by molar-refractivity contribution is 6.42. The van der Waals surface area contributed by atoms with E-state index in [2.05, 4.69) is 27.4 Å². The first-order valence-electron chi connectivity index (χ1n) is 7.83. The zero-order chi connectivity index (χ0) is 16.0. The number of halogens is 3. The summed E-state index contributed by atoms with van der Waals surface area (Å²) in [6.07, 6.45) is 0.973. The van der Waals surface area contributed by atoms with Crippen LogP contribution in [0.25, 0.3) is 0 Å². The predicted octanol–water partition coefficient (Wildman–Crippen LogP) is 3.65. The molecule has 2 aromatic rings. The lowest BCUT2D eigenvalue weighted by Crippen LogP contribution is -2.44. The summed E-state index contributed by atoms with van der Waals surface area (Å²) in [5, 5.41) is 8.79. The number of hydrogen-bond acceptors (Lipinski definition) is 5. The monoisotopic (exact) mass is 388 g/mol. The molecule has 24 heavy (non-hydrogen) atoms. The molecule has 0 spiro atoms. The van der Waals surface area contributed by atoms with E-state index in [1.165, 1.54) is 0 Å². The third-order valence-corrected chi connectivity index (χ3v) is 5.59. The first kappa shape index (κ1) is 18.0.